The van der Waals surface area contributed by atoms with Gasteiger partial charge in [0.25, 0.3) is 0 Å². The van der Waals surface area contributed by atoms with E-state index >= 15 is 0 Å². The Labute approximate surface area is 228 Å². The number of hydrogen-bond acceptors (Lipinski definition) is 5. The summed E-state index contributed by atoms with van der Waals surface area (Å²) in [5, 5.41) is 3.35. The van der Waals surface area contributed by atoms with Gasteiger partial charge in [-0.2, -0.15) is 26.3 Å². The predicted molar refractivity (Wildman–Crippen MR) is 141 cm³/mol. The molecule has 4 rings (SSSR count). The van der Waals surface area contributed by atoms with Gasteiger partial charge in [-0.15, -0.1) is 0 Å². The van der Waals surface area contributed by atoms with Crippen LogP contribution in [-0.2, 0) is 11.0 Å². The van der Waals surface area contributed by atoms with Crippen molar-refractivity contribution >= 4 is 29.0 Å². The van der Waals surface area contributed by atoms with Crippen LogP contribution in [0.5, 0.6) is 0 Å². The SMILES string of the molecule is O=C(CCN1CCCN(c2ccc(C(F)(F)F)cc2)CC1)N1CCC(Nc2ccc(SC(F)(F)F)cc2)CC1. The first-order chi connectivity index (χ1) is 18.5. The van der Waals surface area contributed by atoms with Crippen LogP contribution in [0.25, 0.3) is 0 Å². The van der Waals surface area contributed by atoms with Gasteiger partial charge in [0.15, 0.2) is 0 Å². The summed E-state index contributed by atoms with van der Waals surface area (Å²) in [7, 11) is 0. The zero-order chi connectivity index (χ0) is 28.0. The standard InChI is InChI=1S/C27H32F6N4OS/c28-26(29,30)20-2-6-23(7-3-20)36-14-1-13-35(18-19-36)15-12-25(38)37-16-10-22(11-17-37)34-21-4-8-24(9-5-21)39-27(31,32)33/h2-9,22,34H,1,10-19H2. The van der Waals surface area contributed by atoms with Gasteiger partial charge >= 0.3 is 11.7 Å². The number of rotatable bonds is 7. The molecule has 12 heteroatoms. The maximum atomic E-state index is 12.8. The number of amides is 1. The van der Waals surface area contributed by atoms with E-state index in [1.807, 2.05) is 4.90 Å². The molecule has 0 spiro atoms. The van der Waals surface area contributed by atoms with Crippen LogP contribution in [0, 0.1) is 0 Å². The molecule has 2 heterocycles. The molecule has 0 aliphatic carbocycles. The molecule has 2 aliphatic heterocycles. The molecule has 0 atom stereocenters. The van der Waals surface area contributed by atoms with Crippen LogP contribution in [-0.4, -0.2) is 73.1 Å². The minimum atomic E-state index is -4.35. The van der Waals surface area contributed by atoms with E-state index < -0.39 is 17.2 Å². The van der Waals surface area contributed by atoms with Crippen molar-refractivity contribution in [2.45, 2.75) is 48.3 Å². The molecule has 214 valence electrons. The van der Waals surface area contributed by atoms with Crippen molar-refractivity contribution in [1.29, 1.82) is 0 Å². The van der Waals surface area contributed by atoms with E-state index in [0.717, 1.165) is 62.4 Å². The highest BCUT2D eigenvalue weighted by atomic mass is 32.2. The van der Waals surface area contributed by atoms with E-state index in [4.69, 9.17) is 0 Å². The molecule has 0 aromatic heterocycles. The number of nitrogens with one attached hydrogen (secondary N) is 1. The number of likely N-dealkylation sites (tertiary alicyclic amines) is 1. The Hall–Kier alpha value is -2.60. The molecular weight excluding hydrogens is 542 g/mol. The molecule has 0 unspecified atom stereocenters. The van der Waals surface area contributed by atoms with Crippen molar-refractivity contribution < 1.29 is 31.1 Å². The Balaban J connectivity index is 1.16. The summed E-state index contributed by atoms with van der Waals surface area (Å²) < 4.78 is 76.0. The first-order valence-corrected chi connectivity index (χ1v) is 13.8. The number of alkyl halides is 6. The lowest BCUT2D eigenvalue weighted by Gasteiger charge is -2.33. The molecule has 0 saturated carbocycles. The number of thioether (sulfide) groups is 1. The lowest BCUT2D eigenvalue weighted by Crippen LogP contribution is -2.43. The van der Waals surface area contributed by atoms with Crippen molar-refractivity contribution in [2.24, 2.45) is 0 Å². The quantitative estimate of drug-likeness (QED) is 0.310. The van der Waals surface area contributed by atoms with Crippen molar-refractivity contribution in [1.82, 2.24) is 9.80 Å². The van der Waals surface area contributed by atoms with Crippen molar-refractivity contribution in [3.05, 3.63) is 54.1 Å². The zero-order valence-corrected chi connectivity index (χ0v) is 22.2. The number of piperidine rings is 1. The minimum Gasteiger partial charge on any atom is -0.382 e. The summed E-state index contributed by atoms with van der Waals surface area (Å²) in [6, 6.07) is 11.6. The highest BCUT2D eigenvalue weighted by Gasteiger charge is 2.31. The third kappa shape index (κ3) is 8.96. The van der Waals surface area contributed by atoms with E-state index in [0.29, 0.717) is 32.6 Å². The van der Waals surface area contributed by atoms with Crippen LogP contribution in [0.2, 0.25) is 0 Å². The van der Waals surface area contributed by atoms with E-state index in [1.54, 1.807) is 12.1 Å². The maximum absolute atomic E-state index is 12.8. The zero-order valence-electron chi connectivity index (χ0n) is 21.4. The van der Waals surface area contributed by atoms with Crippen LogP contribution in [0.1, 0.15) is 31.2 Å². The topological polar surface area (TPSA) is 38.8 Å². The van der Waals surface area contributed by atoms with Crippen molar-refractivity contribution in [3.63, 3.8) is 0 Å². The molecule has 2 aromatic carbocycles. The van der Waals surface area contributed by atoms with Crippen LogP contribution in [0.3, 0.4) is 0 Å². The highest BCUT2D eigenvalue weighted by molar-refractivity contribution is 8.00. The molecule has 2 fully saturated rings. The van der Waals surface area contributed by atoms with E-state index in [9.17, 15) is 31.1 Å². The molecular formula is C27H32F6N4OS. The highest BCUT2D eigenvalue weighted by Crippen LogP contribution is 2.37. The molecule has 1 N–H and O–H groups in total. The van der Waals surface area contributed by atoms with Crippen LogP contribution >= 0.6 is 11.8 Å². The summed E-state index contributed by atoms with van der Waals surface area (Å²) in [4.78, 5) is 19.2. The predicted octanol–water partition coefficient (Wildman–Crippen LogP) is 6.32. The third-order valence-electron chi connectivity index (χ3n) is 7.10. The molecule has 5 nitrogen and oxygen atoms in total. The van der Waals surface area contributed by atoms with Gasteiger partial charge in [-0.25, -0.2) is 0 Å². The first-order valence-electron chi connectivity index (χ1n) is 13.0. The van der Waals surface area contributed by atoms with E-state index in [1.165, 1.54) is 24.3 Å². The average molecular weight is 575 g/mol. The molecule has 0 radical (unpaired) electrons. The Morgan fingerprint density at radius 1 is 0.846 bits per heavy atom. The Bertz CT molecular complexity index is 1070. The third-order valence-corrected chi connectivity index (χ3v) is 7.84. The second-order valence-electron chi connectivity index (χ2n) is 9.85. The monoisotopic (exact) mass is 574 g/mol. The lowest BCUT2D eigenvalue weighted by molar-refractivity contribution is -0.137. The van der Waals surface area contributed by atoms with Crippen LogP contribution in [0.4, 0.5) is 37.7 Å². The van der Waals surface area contributed by atoms with Gasteiger partial charge in [-0.1, -0.05) is 0 Å². The average Bonchev–Trinajstić information content (AvgIpc) is 3.13. The Morgan fingerprint density at radius 3 is 2.13 bits per heavy atom. The fraction of sp³-hybridized carbons (Fsp3) is 0.519. The number of hydrogen-bond donors (Lipinski definition) is 1. The maximum Gasteiger partial charge on any atom is 0.446 e. The van der Waals surface area contributed by atoms with Crippen LogP contribution < -0.4 is 10.2 Å². The van der Waals surface area contributed by atoms with Gasteiger partial charge in [0.2, 0.25) is 5.91 Å². The second kappa shape index (κ2) is 12.7. The molecule has 2 aliphatic rings. The normalized spacial score (nSPS) is 18.2. The number of halogens is 6. The number of carbonyl (C=O) groups is 1. The minimum absolute atomic E-state index is 0.103. The molecule has 2 saturated heterocycles. The van der Waals surface area contributed by atoms with E-state index in [-0.39, 0.29) is 28.6 Å². The van der Waals surface area contributed by atoms with Crippen molar-refractivity contribution in [2.75, 3.05) is 56.0 Å². The Kier molecular flexibility index (Phi) is 9.58. The van der Waals surface area contributed by atoms with Gasteiger partial charge in [-0.3, -0.25) is 4.79 Å². The molecule has 2 aromatic rings. The fourth-order valence-electron chi connectivity index (χ4n) is 4.99. The van der Waals surface area contributed by atoms with Gasteiger partial charge in [-0.05, 0) is 86.1 Å². The van der Waals surface area contributed by atoms with E-state index in [2.05, 4.69) is 15.1 Å². The Morgan fingerprint density at radius 2 is 1.51 bits per heavy atom. The van der Waals surface area contributed by atoms with Gasteiger partial charge < -0.3 is 20.0 Å². The smallest absolute Gasteiger partial charge is 0.382 e. The van der Waals surface area contributed by atoms with Gasteiger partial charge in [0.05, 0.1) is 5.56 Å². The molecule has 1 amide bonds. The van der Waals surface area contributed by atoms with Crippen LogP contribution in [0.15, 0.2) is 53.4 Å². The number of carbonyl (C=O) groups excluding carboxylic acids is 1. The number of benzene rings is 2. The number of nitrogens with zero attached hydrogens (tertiary/aromatic N) is 3. The first kappa shape index (κ1) is 29.4. The van der Waals surface area contributed by atoms with Crippen molar-refractivity contribution in [3.8, 4) is 0 Å². The van der Waals surface area contributed by atoms with Gasteiger partial charge in [0, 0.05) is 68.0 Å². The summed E-state index contributed by atoms with van der Waals surface area (Å²) in [5.41, 5.74) is -3.43. The van der Waals surface area contributed by atoms with Gasteiger partial charge in [0.1, 0.15) is 0 Å². The molecule has 0 bridgehead atoms. The largest absolute Gasteiger partial charge is 0.446 e. The summed E-state index contributed by atoms with van der Waals surface area (Å²) >= 11 is -0.137. The summed E-state index contributed by atoms with van der Waals surface area (Å²) in [5.74, 6) is 0.103. The summed E-state index contributed by atoms with van der Waals surface area (Å²) in [6.45, 7) is 4.89. The lowest BCUT2D eigenvalue weighted by atomic mass is 10.0. The summed E-state index contributed by atoms with van der Waals surface area (Å²) in [6.07, 6.45) is -1.55. The second-order valence-corrected chi connectivity index (χ2v) is 11.0. The molecule has 39 heavy (non-hydrogen) atoms. The number of anilines is 2. The fourth-order valence-corrected chi connectivity index (χ4v) is 5.53.